The molecular formula is C30H31F2N5O2. The van der Waals surface area contributed by atoms with E-state index in [0.717, 1.165) is 11.3 Å². The van der Waals surface area contributed by atoms with Crippen LogP contribution >= 0.6 is 0 Å². The Labute approximate surface area is 226 Å². The SMILES string of the molecule is Cc1cc(-n2nc3c(c2C#Cc2ccc4c(cnn4C)c2F)[C@H](C)N(C(=O)OC(C)(C)C)CC3)cc(C)c1F. The summed E-state index contributed by atoms with van der Waals surface area (Å²) in [4.78, 5) is 14.7. The van der Waals surface area contributed by atoms with Crippen molar-refractivity contribution in [1.82, 2.24) is 24.5 Å². The molecule has 0 fully saturated rings. The second kappa shape index (κ2) is 9.53. The summed E-state index contributed by atoms with van der Waals surface area (Å²) in [7, 11) is 1.75. The topological polar surface area (TPSA) is 65.2 Å². The standard InChI is InChI=1S/C30H31F2N5O2/c1-17-14-21(15-18(2)27(17)31)37-25(11-9-20-8-10-24-22(28(20)32)16-33-35(24)7)26-19(3)36(13-12-23(26)34-37)29(38)39-30(4,5)6/h8,10,14-16,19H,12-13H2,1-7H3/t19-/m0/s1. The monoisotopic (exact) mass is 531 g/mol. The second-order valence-electron chi connectivity index (χ2n) is 11.0. The molecule has 7 nitrogen and oxygen atoms in total. The van der Waals surface area contributed by atoms with E-state index < -0.39 is 23.6 Å². The second-order valence-corrected chi connectivity index (χ2v) is 11.0. The van der Waals surface area contributed by atoms with E-state index in [2.05, 4.69) is 16.9 Å². The Morgan fingerprint density at radius 3 is 2.46 bits per heavy atom. The Hall–Kier alpha value is -4.19. The average Bonchev–Trinajstić information content (AvgIpc) is 3.42. The molecule has 0 bridgehead atoms. The van der Waals surface area contributed by atoms with E-state index in [-0.39, 0.29) is 11.4 Å². The van der Waals surface area contributed by atoms with Crippen LogP contribution in [0.1, 0.15) is 67.4 Å². The number of amides is 1. The van der Waals surface area contributed by atoms with Gasteiger partial charge in [0.1, 0.15) is 22.9 Å². The highest BCUT2D eigenvalue weighted by Gasteiger charge is 2.35. The van der Waals surface area contributed by atoms with Gasteiger partial charge in [0, 0.05) is 25.6 Å². The number of hydrogen-bond donors (Lipinski definition) is 0. The van der Waals surface area contributed by atoms with Crippen molar-refractivity contribution < 1.29 is 18.3 Å². The van der Waals surface area contributed by atoms with Gasteiger partial charge in [0.25, 0.3) is 0 Å². The van der Waals surface area contributed by atoms with Crippen LogP contribution in [-0.4, -0.2) is 42.7 Å². The number of aromatic nitrogens is 4. The van der Waals surface area contributed by atoms with Crippen molar-refractivity contribution in [2.45, 2.75) is 59.6 Å². The Bertz CT molecular complexity index is 1660. The quantitative estimate of drug-likeness (QED) is 0.287. The minimum Gasteiger partial charge on any atom is -0.444 e. The van der Waals surface area contributed by atoms with Gasteiger partial charge in [0.15, 0.2) is 0 Å². The predicted octanol–water partition coefficient (Wildman–Crippen LogP) is 5.91. The smallest absolute Gasteiger partial charge is 0.410 e. The van der Waals surface area contributed by atoms with E-state index >= 15 is 4.39 Å². The van der Waals surface area contributed by atoms with Gasteiger partial charge in [-0.2, -0.15) is 10.2 Å². The molecule has 3 heterocycles. The summed E-state index contributed by atoms with van der Waals surface area (Å²) in [5.41, 5.74) is 3.91. The lowest BCUT2D eigenvalue weighted by Crippen LogP contribution is -2.42. The molecule has 39 heavy (non-hydrogen) atoms. The summed E-state index contributed by atoms with van der Waals surface area (Å²) >= 11 is 0. The minimum atomic E-state index is -0.643. The first-order valence-corrected chi connectivity index (χ1v) is 12.9. The number of hydrogen-bond acceptors (Lipinski definition) is 4. The van der Waals surface area contributed by atoms with Gasteiger partial charge in [-0.1, -0.05) is 5.92 Å². The third-order valence-electron chi connectivity index (χ3n) is 6.95. The third-order valence-corrected chi connectivity index (χ3v) is 6.95. The van der Waals surface area contributed by atoms with Crippen LogP contribution in [0.15, 0.2) is 30.5 Å². The van der Waals surface area contributed by atoms with E-state index in [4.69, 9.17) is 9.84 Å². The van der Waals surface area contributed by atoms with E-state index in [1.807, 2.05) is 27.7 Å². The van der Waals surface area contributed by atoms with Crippen molar-refractivity contribution in [3.63, 3.8) is 0 Å². The predicted molar refractivity (Wildman–Crippen MR) is 145 cm³/mol. The Morgan fingerprint density at radius 1 is 1.10 bits per heavy atom. The number of carbonyl (C=O) groups is 1. The molecule has 0 spiro atoms. The Morgan fingerprint density at radius 2 is 1.79 bits per heavy atom. The molecule has 0 radical (unpaired) electrons. The van der Waals surface area contributed by atoms with E-state index in [1.54, 1.807) is 59.4 Å². The van der Waals surface area contributed by atoms with Crippen LogP contribution in [0, 0.1) is 37.3 Å². The first-order valence-electron chi connectivity index (χ1n) is 12.9. The maximum atomic E-state index is 15.3. The number of nitrogens with zero attached hydrogens (tertiary/aromatic N) is 5. The minimum absolute atomic E-state index is 0.218. The van der Waals surface area contributed by atoms with Crippen molar-refractivity contribution in [2.75, 3.05) is 6.54 Å². The highest BCUT2D eigenvalue weighted by atomic mass is 19.1. The number of rotatable bonds is 1. The normalized spacial score (nSPS) is 15.2. The zero-order chi connectivity index (χ0) is 28.2. The first-order chi connectivity index (χ1) is 18.4. The molecule has 4 aromatic rings. The number of benzene rings is 2. The molecule has 0 unspecified atom stereocenters. The lowest BCUT2D eigenvalue weighted by molar-refractivity contribution is 0.0159. The molecule has 202 valence electrons. The Kier molecular flexibility index (Phi) is 6.45. The zero-order valence-electron chi connectivity index (χ0n) is 23.2. The Balaban J connectivity index is 1.67. The number of aryl methyl sites for hydroxylation is 3. The molecule has 0 aliphatic carbocycles. The number of fused-ring (bicyclic) bond motifs is 2. The van der Waals surface area contributed by atoms with Crippen molar-refractivity contribution in [1.29, 1.82) is 0 Å². The highest BCUT2D eigenvalue weighted by molar-refractivity contribution is 5.81. The summed E-state index contributed by atoms with van der Waals surface area (Å²) in [6.07, 6.45) is 1.55. The molecule has 0 saturated heterocycles. The zero-order valence-corrected chi connectivity index (χ0v) is 23.2. The van der Waals surface area contributed by atoms with Crippen molar-refractivity contribution in [3.8, 4) is 17.5 Å². The van der Waals surface area contributed by atoms with Crippen molar-refractivity contribution in [2.24, 2.45) is 7.05 Å². The van der Waals surface area contributed by atoms with Crippen LogP contribution in [0.4, 0.5) is 13.6 Å². The lowest BCUT2D eigenvalue weighted by Gasteiger charge is -2.34. The van der Waals surface area contributed by atoms with Gasteiger partial charge < -0.3 is 9.64 Å². The van der Waals surface area contributed by atoms with Crippen LogP contribution in [0.5, 0.6) is 0 Å². The fraction of sp³-hybridized carbons (Fsp3) is 0.367. The van der Waals surface area contributed by atoms with Gasteiger partial charge in [-0.15, -0.1) is 0 Å². The van der Waals surface area contributed by atoms with E-state index in [9.17, 15) is 9.18 Å². The summed E-state index contributed by atoms with van der Waals surface area (Å²) in [6.45, 7) is 11.2. The first kappa shape index (κ1) is 26.4. The van der Waals surface area contributed by atoms with Gasteiger partial charge in [-0.05, 0) is 82.9 Å². The molecule has 2 aromatic heterocycles. The van der Waals surface area contributed by atoms with E-state index in [1.165, 1.54) is 6.20 Å². The van der Waals surface area contributed by atoms with Gasteiger partial charge in [0.2, 0.25) is 0 Å². The maximum absolute atomic E-state index is 15.3. The summed E-state index contributed by atoms with van der Waals surface area (Å²) in [6, 6.07) is 6.44. The molecule has 2 aromatic carbocycles. The number of halogens is 2. The van der Waals surface area contributed by atoms with Crippen LogP contribution in [0.3, 0.4) is 0 Å². The van der Waals surface area contributed by atoms with Gasteiger partial charge >= 0.3 is 6.09 Å². The molecule has 5 rings (SSSR count). The van der Waals surface area contributed by atoms with Crippen molar-refractivity contribution >= 4 is 17.0 Å². The third kappa shape index (κ3) is 4.76. The lowest BCUT2D eigenvalue weighted by atomic mass is 9.97. The fourth-order valence-electron chi connectivity index (χ4n) is 5.01. The molecular weight excluding hydrogens is 500 g/mol. The summed E-state index contributed by atoms with van der Waals surface area (Å²) < 4.78 is 38.7. The molecule has 1 aliphatic rings. The number of carbonyl (C=O) groups excluding carboxylic acids is 1. The summed E-state index contributed by atoms with van der Waals surface area (Å²) in [5.74, 6) is 5.41. The van der Waals surface area contributed by atoms with Crippen LogP contribution in [-0.2, 0) is 18.2 Å². The van der Waals surface area contributed by atoms with Crippen LogP contribution in [0.2, 0.25) is 0 Å². The maximum Gasteiger partial charge on any atom is 0.410 e. The fourth-order valence-corrected chi connectivity index (χ4v) is 5.01. The molecule has 1 amide bonds. The van der Waals surface area contributed by atoms with Gasteiger partial charge in [-0.3, -0.25) is 4.68 Å². The largest absolute Gasteiger partial charge is 0.444 e. The highest BCUT2D eigenvalue weighted by Crippen LogP contribution is 2.34. The molecule has 1 atom stereocenters. The van der Waals surface area contributed by atoms with Crippen LogP contribution in [0.25, 0.3) is 16.6 Å². The van der Waals surface area contributed by atoms with Gasteiger partial charge in [-0.25, -0.2) is 18.3 Å². The molecule has 1 aliphatic heterocycles. The van der Waals surface area contributed by atoms with Gasteiger partial charge in [0.05, 0.1) is 40.1 Å². The molecule has 0 N–H and O–H groups in total. The average molecular weight is 532 g/mol. The summed E-state index contributed by atoms with van der Waals surface area (Å²) in [5, 5.41) is 9.37. The molecule has 9 heteroatoms. The number of ether oxygens (including phenoxy) is 1. The van der Waals surface area contributed by atoms with Crippen molar-refractivity contribution in [3.05, 3.63) is 75.7 Å². The van der Waals surface area contributed by atoms with Crippen LogP contribution < -0.4 is 0 Å². The van der Waals surface area contributed by atoms with E-state index in [0.29, 0.717) is 46.4 Å². The molecule has 0 saturated carbocycles.